The summed E-state index contributed by atoms with van der Waals surface area (Å²) < 4.78 is 13.6. The molecule has 1 atom stereocenters. The minimum Gasteiger partial charge on any atom is -0.304 e. The molecule has 3 aromatic rings. The Morgan fingerprint density at radius 3 is 2.83 bits per heavy atom. The summed E-state index contributed by atoms with van der Waals surface area (Å²) in [6.45, 7) is 0.731. The van der Waals surface area contributed by atoms with Gasteiger partial charge in [-0.1, -0.05) is 24.3 Å². The molecule has 0 bridgehead atoms. The second-order valence-electron chi connectivity index (χ2n) is 5.24. The Labute approximate surface area is 134 Å². The summed E-state index contributed by atoms with van der Waals surface area (Å²) in [5.74, 6) is 0.593. The Kier molecular flexibility index (Phi) is 5.06. The van der Waals surface area contributed by atoms with E-state index in [9.17, 15) is 4.39 Å². The predicted octanol–water partition coefficient (Wildman–Crippen LogP) is 2.65. The first-order valence-electron chi connectivity index (χ1n) is 7.56. The van der Waals surface area contributed by atoms with Crippen molar-refractivity contribution in [3.8, 4) is 0 Å². The molecule has 0 aliphatic heterocycles. The molecular formula is C17H18FN5. The van der Waals surface area contributed by atoms with Crippen LogP contribution in [0.2, 0.25) is 0 Å². The number of H-pyrrole nitrogens is 1. The van der Waals surface area contributed by atoms with Crippen LogP contribution < -0.4 is 5.32 Å². The van der Waals surface area contributed by atoms with Crippen LogP contribution in [0.5, 0.6) is 0 Å². The highest BCUT2D eigenvalue weighted by atomic mass is 19.1. The fraction of sp³-hybridized carbons (Fsp3) is 0.235. The van der Waals surface area contributed by atoms with Crippen LogP contribution in [0.4, 0.5) is 4.39 Å². The fourth-order valence-corrected chi connectivity index (χ4v) is 2.50. The monoisotopic (exact) mass is 311 g/mol. The van der Waals surface area contributed by atoms with Crippen molar-refractivity contribution in [1.29, 1.82) is 0 Å². The van der Waals surface area contributed by atoms with Gasteiger partial charge >= 0.3 is 0 Å². The third kappa shape index (κ3) is 3.98. The molecule has 118 valence electrons. The van der Waals surface area contributed by atoms with Crippen LogP contribution in [0, 0.1) is 5.82 Å². The summed E-state index contributed by atoms with van der Waals surface area (Å²) in [5, 5.41) is 10.2. The van der Waals surface area contributed by atoms with E-state index in [0.717, 1.165) is 29.9 Å². The highest BCUT2D eigenvalue weighted by Crippen LogP contribution is 2.17. The van der Waals surface area contributed by atoms with E-state index >= 15 is 0 Å². The summed E-state index contributed by atoms with van der Waals surface area (Å²) in [7, 11) is 0. The number of aromatic amines is 1. The molecule has 2 heterocycles. The average molecular weight is 311 g/mol. The van der Waals surface area contributed by atoms with Crippen molar-refractivity contribution in [2.24, 2.45) is 0 Å². The topological polar surface area (TPSA) is 66.5 Å². The molecule has 0 radical (unpaired) electrons. The van der Waals surface area contributed by atoms with Crippen molar-refractivity contribution in [2.75, 3.05) is 6.54 Å². The standard InChI is InChI=1S/C17H18FN5/c18-15-8-2-1-5-13(15)6-4-10-20-16(17-21-12-22-23-17)14-7-3-9-19-11-14/h1-3,5,7-9,11-12,16,20H,4,6,10H2,(H,21,22,23)/t16-/m1/s1. The summed E-state index contributed by atoms with van der Waals surface area (Å²) in [4.78, 5) is 8.38. The molecule has 0 amide bonds. The number of pyridine rings is 1. The lowest BCUT2D eigenvalue weighted by atomic mass is 10.1. The molecule has 0 spiro atoms. The Bertz CT molecular complexity index is 715. The van der Waals surface area contributed by atoms with E-state index in [0.29, 0.717) is 6.42 Å². The third-order valence-corrected chi connectivity index (χ3v) is 3.65. The average Bonchev–Trinajstić information content (AvgIpc) is 3.11. The van der Waals surface area contributed by atoms with E-state index in [1.165, 1.54) is 12.4 Å². The summed E-state index contributed by atoms with van der Waals surface area (Å²) >= 11 is 0. The van der Waals surface area contributed by atoms with E-state index in [4.69, 9.17) is 0 Å². The maximum absolute atomic E-state index is 13.6. The van der Waals surface area contributed by atoms with Crippen molar-refractivity contribution in [3.05, 3.63) is 77.9 Å². The van der Waals surface area contributed by atoms with Gasteiger partial charge in [-0.15, -0.1) is 0 Å². The summed E-state index contributed by atoms with van der Waals surface area (Å²) in [5.41, 5.74) is 1.75. The number of hydrogen-bond donors (Lipinski definition) is 2. The zero-order chi connectivity index (χ0) is 15.9. The van der Waals surface area contributed by atoms with E-state index in [-0.39, 0.29) is 11.9 Å². The normalized spacial score (nSPS) is 12.2. The predicted molar refractivity (Wildman–Crippen MR) is 85.2 cm³/mol. The quantitative estimate of drug-likeness (QED) is 0.658. The van der Waals surface area contributed by atoms with Gasteiger partial charge in [-0.05, 0) is 42.6 Å². The van der Waals surface area contributed by atoms with Crippen LogP contribution in [0.3, 0.4) is 0 Å². The van der Waals surface area contributed by atoms with E-state index in [2.05, 4.69) is 25.5 Å². The largest absolute Gasteiger partial charge is 0.304 e. The molecule has 6 heteroatoms. The second kappa shape index (κ2) is 7.60. The molecule has 5 nitrogen and oxygen atoms in total. The lowest BCUT2D eigenvalue weighted by Crippen LogP contribution is -2.25. The van der Waals surface area contributed by atoms with Crippen molar-refractivity contribution in [3.63, 3.8) is 0 Å². The molecule has 2 N–H and O–H groups in total. The van der Waals surface area contributed by atoms with Gasteiger partial charge in [-0.3, -0.25) is 10.1 Å². The van der Waals surface area contributed by atoms with Gasteiger partial charge in [0, 0.05) is 12.4 Å². The lowest BCUT2D eigenvalue weighted by molar-refractivity contribution is 0.551. The Morgan fingerprint density at radius 1 is 1.17 bits per heavy atom. The minimum absolute atomic E-state index is 0.105. The van der Waals surface area contributed by atoms with Gasteiger partial charge in [0.25, 0.3) is 0 Å². The van der Waals surface area contributed by atoms with Crippen LogP contribution in [0.15, 0.2) is 55.1 Å². The van der Waals surface area contributed by atoms with Crippen LogP contribution in [-0.4, -0.2) is 26.7 Å². The number of nitrogens with zero attached hydrogens (tertiary/aromatic N) is 3. The molecule has 23 heavy (non-hydrogen) atoms. The number of rotatable bonds is 7. The Morgan fingerprint density at radius 2 is 2.09 bits per heavy atom. The van der Waals surface area contributed by atoms with E-state index in [1.54, 1.807) is 18.5 Å². The first-order chi connectivity index (χ1) is 11.3. The zero-order valence-corrected chi connectivity index (χ0v) is 12.6. The molecular weight excluding hydrogens is 293 g/mol. The smallest absolute Gasteiger partial charge is 0.146 e. The maximum atomic E-state index is 13.6. The first-order valence-corrected chi connectivity index (χ1v) is 7.56. The fourth-order valence-electron chi connectivity index (χ4n) is 2.50. The highest BCUT2D eigenvalue weighted by Gasteiger charge is 2.16. The van der Waals surface area contributed by atoms with Crippen molar-refractivity contribution < 1.29 is 4.39 Å². The SMILES string of the molecule is Fc1ccccc1CCCN[C@H](c1cccnc1)c1ncn[nH]1. The molecule has 2 aromatic heterocycles. The summed E-state index contributed by atoms with van der Waals surface area (Å²) in [6.07, 6.45) is 6.54. The van der Waals surface area contributed by atoms with Crippen molar-refractivity contribution in [2.45, 2.75) is 18.9 Å². The van der Waals surface area contributed by atoms with E-state index < -0.39 is 0 Å². The van der Waals surface area contributed by atoms with Gasteiger partial charge in [0.2, 0.25) is 0 Å². The molecule has 0 fully saturated rings. The van der Waals surface area contributed by atoms with E-state index in [1.807, 2.05) is 24.3 Å². The Hall–Kier alpha value is -2.60. The highest BCUT2D eigenvalue weighted by molar-refractivity contribution is 5.21. The van der Waals surface area contributed by atoms with Crippen molar-refractivity contribution in [1.82, 2.24) is 25.5 Å². The number of aryl methyl sites for hydroxylation is 1. The lowest BCUT2D eigenvalue weighted by Gasteiger charge is -2.16. The van der Waals surface area contributed by atoms with Gasteiger partial charge in [-0.2, -0.15) is 5.10 Å². The molecule has 0 saturated heterocycles. The molecule has 0 aliphatic carbocycles. The van der Waals surface area contributed by atoms with Gasteiger partial charge in [0.1, 0.15) is 18.0 Å². The van der Waals surface area contributed by atoms with Crippen LogP contribution in [0.25, 0.3) is 0 Å². The van der Waals surface area contributed by atoms with Crippen LogP contribution in [0.1, 0.15) is 29.4 Å². The van der Waals surface area contributed by atoms with Gasteiger partial charge < -0.3 is 5.32 Å². The molecule has 0 unspecified atom stereocenters. The number of hydrogen-bond acceptors (Lipinski definition) is 4. The van der Waals surface area contributed by atoms with Crippen LogP contribution >= 0.6 is 0 Å². The zero-order valence-electron chi connectivity index (χ0n) is 12.6. The van der Waals surface area contributed by atoms with Crippen molar-refractivity contribution >= 4 is 0 Å². The van der Waals surface area contributed by atoms with Crippen LogP contribution in [-0.2, 0) is 6.42 Å². The molecule has 0 aliphatic rings. The first kappa shape index (κ1) is 15.3. The number of halogens is 1. The maximum Gasteiger partial charge on any atom is 0.146 e. The molecule has 0 saturated carbocycles. The Balaban J connectivity index is 1.61. The molecule has 1 aromatic carbocycles. The van der Waals surface area contributed by atoms with Gasteiger partial charge in [0.05, 0.1) is 6.04 Å². The second-order valence-corrected chi connectivity index (χ2v) is 5.24. The van der Waals surface area contributed by atoms with Gasteiger partial charge in [-0.25, -0.2) is 9.37 Å². The number of nitrogens with one attached hydrogen (secondary N) is 2. The minimum atomic E-state index is -0.147. The third-order valence-electron chi connectivity index (χ3n) is 3.65. The number of benzene rings is 1. The number of aromatic nitrogens is 4. The molecule has 3 rings (SSSR count). The summed E-state index contributed by atoms with van der Waals surface area (Å²) in [6, 6.07) is 10.7. The van der Waals surface area contributed by atoms with Gasteiger partial charge in [0.15, 0.2) is 0 Å².